The van der Waals surface area contributed by atoms with Crippen molar-refractivity contribution >= 4 is 27.7 Å². The fourth-order valence-electron chi connectivity index (χ4n) is 3.49. The number of aromatic nitrogens is 1. The molecule has 1 aliphatic heterocycles. The number of carbonyl (C=O) groups excluding carboxylic acids is 1. The standard InChI is InChI=1S/C21H27ClN4O4S/c1-14-20(12-24-31(28,29)25(3)4)19-8-9-26(13-16(19)11-23-14)21(27)15(2)30-18-7-5-6-17(22)10-18/h5-7,10-11,15,24H,8-9,12-13H2,1-4H3/t15-/m1/s1. The molecular weight excluding hydrogens is 440 g/mol. The SMILES string of the molecule is Cc1ncc2c(c1CNS(=O)(=O)N(C)C)CCN(C(=O)[C@@H](C)Oc1cccc(Cl)c1)C2. The van der Waals surface area contributed by atoms with E-state index in [0.717, 1.165) is 26.7 Å². The van der Waals surface area contributed by atoms with E-state index >= 15 is 0 Å². The lowest BCUT2D eigenvalue weighted by atomic mass is 9.95. The quantitative estimate of drug-likeness (QED) is 0.676. The number of amides is 1. The van der Waals surface area contributed by atoms with Gasteiger partial charge in [0.15, 0.2) is 6.10 Å². The van der Waals surface area contributed by atoms with E-state index in [1.165, 1.54) is 14.1 Å². The molecule has 0 unspecified atom stereocenters. The zero-order valence-electron chi connectivity index (χ0n) is 18.1. The van der Waals surface area contributed by atoms with E-state index in [2.05, 4.69) is 9.71 Å². The highest BCUT2D eigenvalue weighted by molar-refractivity contribution is 7.87. The largest absolute Gasteiger partial charge is 0.481 e. The summed E-state index contributed by atoms with van der Waals surface area (Å²) in [5.41, 5.74) is 3.59. The molecule has 1 aromatic heterocycles. The fourth-order valence-corrected chi connectivity index (χ4v) is 4.25. The van der Waals surface area contributed by atoms with Crippen molar-refractivity contribution in [3.05, 3.63) is 57.9 Å². The number of halogens is 1. The van der Waals surface area contributed by atoms with Gasteiger partial charge in [-0.05, 0) is 55.2 Å². The van der Waals surface area contributed by atoms with Gasteiger partial charge in [0, 0.05) is 50.6 Å². The molecule has 2 heterocycles. The summed E-state index contributed by atoms with van der Waals surface area (Å²) in [7, 11) is -0.590. The molecule has 2 aromatic rings. The summed E-state index contributed by atoms with van der Waals surface area (Å²) < 4.78 is 33.7. The van der Waals surface area contributed by atoms with Crippen molar-refractivity contribution < 1.29 is 17.9 Å². The Morgan fingerprint density at radius 1 is 1.39 bits per heavy atom. The smallest absolute Gasteiger partial charge is 0.279 e. The first kappa shape index (κ1) is 23.5. The molecule has 0 saturated carbocycles. The van der Waals surface area contributed by atoms with Crippen molar-refractivity contribution in [3.8, 4) is 5.75 Å². The Balaban J connectivity index is 1.72. The summed E-state index contributed by atoms with van der Waals surface area (Å²) in [5.74, 6) is 0.416. The Morgan fingerprint density at radius 3 is 2.81 bits per heavy atom. The average Bonchev–Trinajstić information content (AvgIpc) is 2.72. The third kappa shape index (κ3) is 5.54. The Morgan fingerprint density at radius 2 is 2.13 bits per heavy atom. The number of pyridine rings is 1. The average molecular weight is 467 g/mol. The van der Waals surface area contributed by atoms with E-state index in [1.807, 2.05) is 6.92 Å². The maximum atomic E-state index is 12.9. The Kier molecular flexibility index (Phi) is 7.20. The molecule has 0 bridgehead atoms. The summed E-state index contributed by atoms with van der Waals surface area (Å²) in [4.78, 5) is 19.1. The summed E-state index contributed by atoms with van der Waals surface area (Å²) in [5, 5.41) is 0.544. The van der Waals surface area contributed by atoms with Gasteiger partial charge in [-0.1, -0.05) is 17.7 Å². The number of fused-ring (bicyclic) bond motifs is 1. The van der Waals surface area contributed by atoms with Crippen molar-refractivity contribution in [3.63, 3.8) is 0 Å². The highest BCUT2D eigenvalue weighted by Crippen LogP contribution is 2.25. The van der Waals surface area contributed by atoms with Gasteiger partial charge in [0.1, 0.15) is 5.75 Å². The zero-order chi connectivity index (χ0) is 22.8. The normalized spacial score (nSPS) is 15.0. The van der Waals surface area contributed by atoms with Gasteiger partial charge in [0.05, 0.1) is 0 Å². The van der Waals surface area contributed by atoms with E-state index in [1.54, 1.807) is 42.3 Å². The monoisotopic (exact) mass is 466 g/mol. The third-order valence-electron chi connectivity index (χ3n) is 5.28. The second-order valence-electron chi connectivity index (χ2n) is 7.66. The lowest BCUT2D eigenvalue weighted by molar-refractivity contribution is -0.138. The molecule has 0 fully saturated rings. The van der Waals surface area contributed by atoms with Crippen LogP contribution in [0.5, 0.6) is 5.75 Å². The minimum Gasteiger partial charge on any atom is -0.481 e. The third-order valence-corrected chi connectivity index (χ3v) is 6.98. The number of nitrogens with zero attached hydrogens (tertiary/aromatic N) is 3. The van der Waals surface area contributed by atoms with E-state index in [-0.39, 0.29) is 12.5 Å². The van der Waals surface area contributed by atoms with Gasteiger partial charge >= 0.3 is 0 Å². The van der Waals surface area contributed by atoms with Gasteiger partial charge in [-0.25, -0.2) is 0 Å². The Hall–Kier alpha value is -2.20. The molecule has 0 saturated heterocycles. The van der Waals surface area contributed by atoms with Crippen LogP contribution in [0.25, 0.3) is 0 Å². The van der Waals surface area contributed by atoms with Crippen LogP contribution < -0.4 is 9.46 Å². The molecule has 0 radical (unpaired) electrons. The van der Waals surface area contributed by atoms with Crippen LogP contribution in [0, 0.1) is 6.92 Å². The molecule has 10 heteroatoms. The number of rotatable bonds is 7. The van der Waals surface area contributed by atoms with Crippen molar-refractivity contribution in [1.29, 1.82) is 0 Å². The van der Waals surface area contributed by atoms with Crippen LogP contribution in [0.1, 0.15) is 29.3 Å². The van der Waals surface area contributed by atoms with Gasteiger partial charge in [0.25, 0.3) is 16.1 Å². The van der Waals surface area contributed by atoms with Gasteiger partial charge < -0.3 is 9.64 Å². The molecule has 1 atom stereocenters. The van der Waals surface area contributed by atoms with Crippen molar-refractivity contribution in [1.82, 2.24) is 18.9 Å². The van der Waals surface area contributed by atoms with Crippen molar-refractivity contribution in [2.75, 3.05) is 20.6 Å². The number of ether oxygens (including phenoxy) is 1. The minimum absolute atomic E-state index is 0.124. The summed E-state index contributed by atoms with van der Waals surface area (Å²) >= 11 is 5.98. The molecule has 168 valence electrons. The first-order valence-electron chi connectivity index (χ1n) is 9.93. The first-order chi connectivity index (χ1) is 14.6. The van der Waals surface area contributed by atoms with E-state index in [9.17, 15) is 13.2 Å². The molecule has 3 rings (SSSR count). The Bertz CT molecular complexity index is 1080. The van der Waals surface area contributed by atoms with Crippen LogP contribution in [0.15, 0.2) is 30.5 Å². The predicted molar refractivity (Wildman–Crippen MR) is 119 cm³/mol. The summed E-state index contributed by atoms with van der Waals surface area (Å²) in [6.07, 6.45) is 1.72. The zero-order valence-corrected chi connectivity index (χ0v) is 19.6. The number of nitrogens with one attached hydrogen (secondary N) is 1. The first-order valence-corrected chi connectivity index (χ1v) is 11.7. The number of hydrogen-bond acceptors (Lipinski definition) is 5. The molecule has 1 amide bonds. The van der Waals surface area contributed by atoms with Crippen molar-refractivity contribution in [2.45, 2.75) is 39.5 Å². The fraction of sp³-hybridized carbons (Fsp3) is 0.429. The van der Waals surface area contributed by atoms with Crippen LogP contribution in [0.4, 0.5) is 0 Å². The van der Waals surface area contributed by atoms with Gasteiger partial charge in [-0.3, -0.25) is 9.78 Å². The molecule has 0 spiro atoms. The van der Waals surface area contributed by atoms with Gasteiger partial charge in [0.2, 0.25) is 0 Å². The molecule has 8 nitrogen and oxygen atoms in total. The lowest BCUT2D eigenvalue weighted by Crippen LogP contribution is -2.43. The second kappa shape index (κ2) is 9.52. The van der Waals surface area contributed by atoms with E-state index < -0.39 is 16.3 Å². The molecule has 1 aliphatic rings. The summed E-state index contributed by atoms with van der Waals surface area (Å²) in [6, 6.07) is 6.94. The maximum absolute atomic E-state index is 12.9. The van der Waals surface area contributed by atoms with Crippen LogP contribution in [-0.4, -0.2) is 55.3 Å². The number of benzene rings is 1. The highest BCUT2D eigenvalue weighted by Gasteiger charge is 2.28. The van der Waals surface area contributed by atoms with Crippen molar-refractivity contribution in [2.24, 2.45) is 0 Å². The van der Waals surface area contributed by atoms with Gasteiger partial charge in [-0.2, -0.15) is 17.4 Å². The van der Waals surface area contributed by atoms with Crippen LogP contribution in [0.2, 0.25) is 5.02 Å². The molecule has 1 N–H and O–H groups in total. The Labute approximate surface area is 188 Å². The molecule has 1 aromatic carbocycles. The minimum atomic E-state index is -3.54. The number of aryl methyl sites for hydroxylation is 1. The second-order valence-corrected chi connectivity index (χ2v) is 10.1. The van der Waals surface area contributed by atoms with E-state index in [4.69, 9.17) is 16.3 Å². The van der Waals surface area contributed by atoms with Gasteiger partial charge in [-0.15, -0.1) is 0 Å². The van der Waals surface area contributed by atoms with Crippen LogP contribution >= 0.6 is 11.6 Å². The number of carbonyl (C=O) groups is 1. The maximum Gasteiger partial charge on any atom is 0.279 e. The topological polar surface area (TPSA) is 91.8 Å². The van der Waals surface area contributed by atoms with E-state index in [0.29, 0.717) is 30.3 Å². The highest BCUT2D eigenvalue weighted by atomic mass is 35.5. The number of hydrogen-bond donors (Lipinski definition) is 1. The molecule has 31 heavy (non-hydrogen) atoms. The predicted octanol–water partition coefficient (Wildman–Crippen LogP) is 2.29. The van der Waals surface area contributed by atoms with Crippen LogP contribution in [0.3, 0.4) is 0 Å². The lowest BCUT2D eigenvalue weighted by Gasteiger charge is -2.32. The summed E-state index contributed by atoms with van der Waals surface area (Å²) in [6.45, 7) is 4.65. The molecular formula is C21H27ClN4O4S. The van der Waals surface area contributed by atoms with Crippen LogP contribution in [-0.2, 0) is 34.5 Å². The molecule has 0 aliphatic carbocycles.